The van der Waals surface area contributed by atoms with Crippen LogP contribution in [0.25, 0.3) is 0 Å². The Kier molecular flexibility index (Phi) is 9.14. The number of anilines is 1. The number of rotatable bonds is 6. The van der Waals surface area contributed by atoms with E-state index in [-0.39, 0.29) is 36.3 Å². The Balaban J connectivity index is 0.00000150. The zero-order valence-corrected chi connectivity index (χ0v) is 18.6. The summed E-state index contributed by atoms with van der Waals surface area (Å²) in [7, 11) is 0. The Morgan fingerprint density at radius 2 is 2.10 bits per heavy atom. The first-order valence-corrected chi connectivity index (χ1v) is 10.5. The molecule has 9 heteroatoms. The minimum Gasteiger partial charge on any atom is -0.348 e. The molecule has 0 spiro atoms. The average Bonchev–Trinajstić information content (AvgIpc) is 3.43. The molecular formula is C20H27Cl2FN4OS. The molecule has 0 bridgehead atoms. The van der Waals surface area contributed by atoms with Gasteiger partial charge in [-0.25, -0.2) is 9.37 Å². The second-order valence-electron chi connectivity index (χ2n) is 7.38. The lowest BCUT2D eigenvalue weighted by atomic mass is 9.97. The summed E-state index contributed by atoms with van der Waals surface area (Å²) < 4.78 is 14.2. The number of nitrogens with zero attached hydrogens (tertiary/aromatic N) is 2. The Morgan fingerprint density at radius 1 is 1.31 bits per heavy atom. The molecule has 29 heavy (non-hydrogen) atoms. The van der Waals surface area contributed by atoms with Gasteiger partial charge in [0.2, 0.25) is 0 Å². The molecule has 5 nitrogen and oxygen atoms in total. The summed E-state index contributed by atoms with van der Waals surface area (Å²) in [5.74, 6) is -0.295. The Morgan fingerprint density at radius 3 is 2.83 bits per heavy atom. The Hall–Kier alpha value is -1.41. The van der Waals surface area contributed by atoms with Crippen molar-refractivity contribution in [3.63, 3.8) is 0 Å². The van der Waals surface area contributed by atoms with Gasteiger partial charge in [-0.3, -0.25) is 4.79 Å². The number of thiazole rings is 1. The molecule has 2 N–H and O–H groups in total. The highest BCUT2D eigenvalue weighted by molar-refractivity contribution is 7.13. The van der Waals surface area contributed by atoms with Crippen LogP contribution in [0.3, 0.4) is 0 Å². The number of halogens is 3. The molecule has 0 aliphatic carbocycles. The van der Waals surface area contributed by atoms with Crippen molar-refractivity contribution in [2.24, 2.45) is 5.92 Å². The predicted octanol–water partition coefficient (Wildman–Crippen LogP) is 3.81. The van der Waals surface area contributed by atoms with Crippen molar-refractivity contribution in [2.75, 3.05) is 31.1 Å². The van der Waals surface area contributed by atoms with Gasteiger partial charge < -0.3 is 15.5 Å². The lowest BCUT2D eigenvalue weighted by Crippen LogP contribution is -2.24. The lowest BCUT2D eigenvalue weighted by molar-refractivity contribution is 0.0946. The van der Waals surface area contributed by atoms with Gasteiger partial charge >= 0.3 is 0 Å². The van der Waals surface area contributed by atoms with Gasteiger partial charge in [0.25, 0.3) is 5.91 Å². The van der Waals surface area contributed by atoms with Gasteiger partial charge in [0.05, 0.1) is 17.8 Å². The lowest BCUT2D eigenvalue weighted by Gasteiger charge is -2.12. The third-order valence-corrected chi connectivity index (χ3v) is 6.26. The number of hydrogen-bond donors (Lipinski definition) is 2. The first kappa shape index (κ1) is 23.9. The second kappa shape index (κ2) is 11.1. The number of carbonyl (C=O) groups excluding carboxylic acids is 1. The van der Waals surface area contributed by atoms with Gasteiger partial charge in [0.15, 0.2) is 5.13 Å². The minimum atomic E-state index is -0.475. The van der Waals surface area contributed by atoms with Crippen molar-refractivity contribution in [1.82, 2.24) is 15.6 Å². The molecule has 2 aliphatic rings. The third kappa shape index (κ3) is 6.04. The van der Waals surface area contributed by atoms with E-state index < -0.39 is 5.82 Å². The summed E-state index contributed by atoms with van der Waals surface area (Å²) in [4.78, 5) is 19.4. The van der Waals surface area contributed by atoms with E-state index in [1.54, 1.807) is 23.5 Å². The average molecular weight is 461 g/mol. The number of aromatic nitrogens is 1. The van der Waals surface area contributed by atoms with Gasteiger partial charge in [-0.15, -0.1) is 36.2 Å². The number of carbonyl (C=O) groups is 1. The summed E-state index contributed by atoms with van der Waals surface area (Å²) in [6.07, 6.45) is 4.41. The second-order valence-corrected chi connectivity index (χ2v) is 8.21. The fourth-order valence-corrected chi connectivity index (χ4v) is 4.67. The van der Waals surface area contributed by atoms with Crippen LogP contribution >= 0.6 is 36.2 Å². The smallest absolute Gasteiger partial charge is 0.254 e. The molecule has 0 radical (unpaired) electrons. The van der Waals surface area contributed by atoms with Crippen LogP contribution in [0.4, 0.5) is 9.52 Å². The molecule has 1 aromatic heterocycles. The van der Waals surface area contributed by atoms with Gasteiger partial charge in [-0.2, -0.15) is 0 Å². The van der Waals surface area contributed by atoms with E-state index in [9.17, 15) is 9.18 Å². The maximum Gasteiger partial charge on any atom is 0.254 e. The van der Waals surface area contributed by atoms with E-state index in [1.807, 2.05) is 5.38 Å². The van der Waals surface area contributed by atoms with Crippen LogP contribution < -0.4 is 15.5 Å². The number of benzene rings is 1. The van der Waals surface area contributed by atoms with Gasteiger partial charge in [-0.05, 0) is 62.4 Å². The largest absolute Gasteiger partial charge is 0.348 e. The molecule has 1 aromatic carbocycles. The molecule has 1 unspecified atom stereocenters. The van der Waals surface area contributed by atoms with Crippen LogP contribution in [0.2, 0.25) is 0 Å². The first-order chi connectivity index (χ1) is 13.2. The quantitative estimate of drug-likeness (QED) is 0.687. The standard InChI is InChI=1S/C20H25FN4OS.2ClH/c21-18-4-3-14(9-15-5-6-22-11-15)10-17(18)19(26)23-12-16-13-27-20(24-16)25-7-1-2-8-25;;/h3-4,10,13,15,22H,1-2,5-9,11-12H2,(H,23,26);2*1H. The molecule has 2 saturated heterocycles. The van der Waals surface area contributed by atoms with Crippen LogP contribution in [0.1, 0.15) is 40.9 Å². The van der Waals surface area contributed by atoms with Crippen LogP contribution in [0, 0.1) is 11.7 Å². The molecule has 0 saturated carbocycles. The van der Waals surface area contributed by atoms with Crippen molar-refractivity contribution >= 4 is 47.2 Å². The minimum absolute atomic E-state index is 0. The van der Waals surface area contributed by atoms with E-state index in [1.165, 1.54) is 18.9 Å². The van der Waals surface area contributed by atoms with E-state index in [2.05, 4.69) is 20.5 Å². The summed E-state index contributed by atoms with van der Waals surface area (Å²) >= 11 is 1.60. The summed E-state index contributed by atoms with van der Waals surface area (Å²) in [6, 6.07) is 4.88. The number of amides is 1. The molecule has 3 heterocycles. The summed E-state index contributed by atoms with van der Waals surface area (Å²) in [5, 5.41) is 9.13. The Bertz CT molecular complexity index is 808. The topological polar surface area (TPSA) is 57.3 Å². The molecule has 2 aromatic rings. The van der Waals surface area contributed by atoms with E-state index in [0.717, 1.165) is 55.4 Å². The fourth-order valence-electron chi connectivity index (χ4n) is 3.79. The molecule has 2 aliphatic heterocycles. The fraction of sp³-hybridized carbons (Fsp3) is 0.500. The monoisotopic (exact) mass is 460 g/mol. The SMILES string of the molecule is Cl.Cl.O=C(NCc1csc(N2CCCC2)n1)c1cc(CC2CCNC2)ccc1F. The molecule has 1 amide bonds. The van der Waals surface area contributed by atoms with Crippen molar-refractivity contribution in [3.05, 3.63) is 46.2 Å². The van der Waals surface area contributed by atoms with Crippen molar-refractivity contribution in [3.8, 4) is 0 Å². The van der Waals surface area contributed by atoms with E-state index in [0.29, 0.717) is 12.5 Å². The van der Waals surface area contributed by atoms with Gasteiger partial charge in [0, 0.05) is 18.5 Å². The third-order valence-electron chi connectivity index (χ3n) is 5.31. The van der Waals surface area contributed by atoms with Gasteiger partial charge in [-0.1, -0.05) is 6.07 Å². The van der Waals surface area contributed by atoms with Crippen molar-refractivity contribution in [2.45, 2.75) is 32.2 Å². The molecule has 1 atom stereocenters. The van der Waals surface area contributed by atoms with Crippen LogP contribution in [-0.4, -0.2) is 37.1 Å². The van der Waals surface area contributed by atoms with E-state index in [4.69, 9.17) is 0 Å². The Labute approximate surface area is 187 Å². The molecule has 4 rings (SSSR count). The van der Waals surface area contributed by atoms with Crippen LogP contribution in [0.5, 0.6) is 0 Å². The van der Waals surface area contributed by atoms with Crippen molar-refractivity contribution < 1.29 is 9.18 Å². The first-order valence-electron chi connectivity index (χ1n) is 9.66. The molecular weight excluding hydrogens is 434 g/mol. The molecule has 160 valence electrons. The highest BCUT2D eigenvalue weighted by Gasteiger charge is 2.19. The molecule has 2 fully saturated rings. The van der Waals surface area contributed by atoms with E-state index >= 15 is 0 Å². The van der Waals surface area contributed by atoms with Crippen LogP contribution in [-0.2, 0) is 13.0 Å². The zero-order chi connectivity index (χ0) is 18.6. The van der Waals surface area contributed by atoms with Gasteiger partial charge in [0.1, 0.15) is 5.82 Å². The zero-order valence-electron chi connectivity index (χ0n) is 16.2. The highest BCUT2D eigenvalue weighted by atomic mass is 35.5. The summed E-state index contributed by atoms with van der Waals surface area (Å²) in [5.41, 5.74) is 1.96. The maximum absolute atomic E-state index is 14.2. The van der Waals surface area contributed by atoms with Crippen LogP contribution in [0.15, 0.2) is 23.6 Å². The maximum atomic E-state index is 14.2. The normalized spacial score (nSPS) is 18.2. The predicted molar refractivity (Wildman–Crippen MR) is 120 cm³/mol. The number of nitrogens with one attached hydrogen (secondary N) is 2. The number of hydrogen-bond acceptors (Lipinski definition) is 5. The van der Waals surface area contributed by atoms with Crippen molar-refractivity contribution in [1.29, 1.82) is 0 Å². The summed E-state index contributed by atoms with van der Waals surface area (Å²) in [6.45, 7) is 4.44. The highest BCUT2D eigenvalue weighted by Crippen LogP contribution is 2.24.